The van der Waals surface area contributed by atoms with Crippen LogP contribution in [0.15, 0.2) is 36.4 Å². The molecule has 0 saturated carbocycles. The molecule has 2 aliphatic rings. The fraction of sp³-hybridized carbons (Fsp3) is 0.333. The third-order valence-corrected chi connectivity index (χ3v) is 2.88. The molecule has 0 unspecified atom stereocenters. The van der Waals surface area contributed by atoms with E-state index in [0.29, 0.717) is 12.1 Å². The fourth-order valence-corrected chi connectivity index (χ4v) is 2.12. The van der Waals surface area contributed by atoms with Gasteiger partial charge in [0, 0.05) is 6.42 Å². The van der Waals surface area contributed by atoms with Crippen LogP contribution in [0, 0.1) is 0 Å². The average Bonchev–Trinajstić information content (AvgIpc) is 2.26. The number of anilines is 1. The largest absolute Gasteiger partial charge is 0.486 e. The maximum Gasteiger partial charge on any atom is 0.142 e. The molecule has 1 aromatic carbocycles. The predicted molar refractivity (Wildman–Crippen MR) is 56.6 cm³/mol. The minimum Gasteiger partial charge on any atom is -0.486 e. The molecule has 0 bridgehead atoms. The average molecular weight is 187 g/mol. The van der Waals surface area contributed by atoms with Crippen LogP contribution in [-0.2, 0) is 0 Å². The summed E-state index contributed by atoms with van der Waals surface area (Å²) in [5, 5.41) is 3.52. The third kappa shape index (κ3) is 1.18. The Morgan fingerprint density at radius 3 is 3.00 bits per heavy atom. The van der Waals surface area contributed by atoms with E-state index in [9.17, 15) is 0 Å². The Balaban J connectivity index is 1.94. The monoisotopic (exact) mass is 187 g/mol. The van der Waals surface area contributed by atoms with E-state index in [1.54, 1.807) is 0 Å². The van der Waals surface area contributed by atoms with Crippen molar-refractivity contribution in [2.75, 3.05) is 5.32 Å². The van der Waals surface area contributed by atoms with Crippen molar-refractivity contribution in [2.24, 2.45) is 0 Å². The van der Waals surface area contributed by atoms with E-state index >= 15 is 0 Å². The molecule has 0 fully saturated rings. The molecule has 1 N–H and O–H groups in total. The van der Waals surface area contributed by atoms with Gasteiger partial charge < -0.3 is 10.1 Å². The lowest BCUT2D eigenvalue weighted by Crippen LogP contribution is -2.42. The lowest BCUT2D eigenvalue weighted by molar-refractivity contribution is 0.167. The Kier molecular flexibility index (Phi) is 1.72. The summed E-state index contributed by atoms with van der Waals surface area (Å²) < 4.78 is 5.92. The first-order valence-electron chi connectivity index (χ1n) is 5.11. The summed E-state index contributed by atoms with van der Waals surface area (Å²) in [4.78, 5) is 0. The molecule has 2 nitrogen and oxygen atoms in total. The highest BCUT2D eigenvalue weighted by atomic mass is 16.5. The normalized spacial score (nSPS) is 28.3. The highest BCUT2D eigenvalue weighted by molar-refractivity contribution is 5.58. The summed E-state index contributed by atoms with van der Waals surface area (Å²) in [5.41, 5.74) is 1.13. The molecule has 0 saturated heterocycles. The Hall–Kier alpha value is -1.44. The highest BCUT2D eigenvalue weighted by Gasteiger charge is 2.29. The third-order valence-electron chi connectivity index (χ3n) is 2.88. The van der Waals surface area contributed by atoms with E-state index in [1.807, 2.05) is 18.2 Å². The van der Waals surface area contributed by atoms with Gasteiger partial charge in [0.2, 0.25) is 0 Å². The first kappa shape index (κ1) is 7.92. The van der Waals surface area contributed by atoms with Gasteiger partial charge in [-0.3, -0.25) is 0 Å². The second-order valence-corrected chi connectivity index (χ2v) is 3.85. The Labute approximate surface area is 83.6 Å². The number of hydrogen-bond acceptors (Lipinski definition) is 2. The minimum absolute atomic E-state index is 0.315. The van der Waals surface area contributed by atoms with Gasteiger partial charge in [0.25, 0.3) is 0 Å². The molecule has 14 heavy (non-hydrogen) atoms. The van der Waals surface area contributed by atoms with Crippen molar-refractivity contribution in [1.82, 2.24) is 0 Å². The molecule has 1 aliphatic carbocycles. The van der Waals surface area contributed by atoms with Crippen LogP contribution < -0.4 is 10.1 Å². The van der Waals surface area contributed by atoms with E-state index in [1.165, 1.54) is 0 Å². The second kappa shape index (κ2) is 3.05. The van der Waals surface area contributed by atoms with Crippen molar-refractivity contribution in [3.63, 3.8) is 0 Å². The number of nitrogens with one attached hydrogen (secondary N) is 1. The van der Waals surface area contributed by atoms with Crippen molar-refractivity contribution in [3.8, 4) is 5.75 Å². The summed E-state index contributed by atoms with van der Waals surface area (Å²) in [7, 11) is 0. The Morgan fingerprint density at radius 2 is 2.00 bits per heavy atom. The van der Waals surface area contributed by atoms with Gasteiger partial charge in [-0.2, -0.15) is 0 Å². The van der Waals surface area contributed by atoms with Gasteiger partial charge in [-0.1, -0.05) is 24.3 Å². The fourth-order valence-electron chi connectivity index (χ4n) is 2.12. The molecule has 2 heteroatoms. The van der Waals surface area contributed by atoms with E-state index in [0.717, 1.165) is 24.3 Å². The first-order chi connectivity index (χ1) is 6.93. The quantitative estimate of drug-likeness (QED) is 0.630. The molecule has 2 atom stereocenters. The Morgan fingerprint density at radius 1 is 1.14 bits per heavy atom. The van der Waals surface area contributed by atoms with Gasteiger partial charge in [-0.05, 0) is 18.6 Å². The van der Waals surface area contributed by atoms with Crippen LogP contribution in [0.4, 0.5) is 5.69 Å². The van der Waals surface area contributed by atoms with E-state index in [2.05, 4.69) is 23.5 Å². The van der Waals surface area contributed by atoms with Crippen molar-refractivity contribution in [1.29, 1.82) is 0 Å². The maximum atomic E-state index is 5.92. The van der Waals surface area contributed by atoms with Crippen molar-refractivity contribution in [3.05, 3.63) is 36.4 Å². The summed E-state index contributed by atoms with van der Waals surface area (Å²) in [6.45, 7) is 0. The van der Waals surface area contributed by atoms with Gasteiger partial charge in [0.1, 0.15) is 11.9 Å². The second-order valence-electron chi connectivity index (χ2n) is 3.85. The van der Waals surface area contributed by atoms with Crippen LogP contribution in [0.5, 0.6) is 5.75 Å². The highest BCUT2D eigenvalue weighted by Crippen LogP contribution is 2.34. The SMILES string of the molecule is C1=CC[C@H]2Nc3ccccc3O[C@H]2C1. The van der Waals surface area contributed by atoms with Gasteiger partial charge in [0.05, 0.1) is 11.7 Å². The molecule has 1 heterocycles. The topological polar surface area (TPSA) is 21.3 Å². The molecule has 0 radical (unpaired) electrons. The van der Waals surface area contributed by atoms with Gasteiger partial charge in [-0.15, -0.1) is 0 Å². The zero-order valence-electron chi connectivity index (χ0n) is 7.94. The lowest BCUT2D eigenvalue weighted by Gasteiger charge is -2.36. The van der Waals surface area contributed by atoms with Crippen LogP contribution >= 0.6 is 0 Å². The van der Waals surface area contributed by atoms with Crippen LogP contribution in [0.25, 0.3) is 0 Å². The predicted octanol–water partition coefficient (Wildman–Crippen LogP) is 2.58. The van der Waals surface area contributed by atoms with Crippen LogP contribution in [0.3, 0.4) is 0 Å². The van der Waals surface area contributed by atoms with E-state index in [-0.39, 0.29) is 0 Å². The first-order valence-corrected chi connectivity index (χ1v) is 5.11. The molecular formula is C12H13NO. The Bertz CT molecular complexity index is 337. The maximum absolute atomic E-state index is 5.92. The zero-order valence-corrected chi connectivity index (χ0v) is 7.94. The molecular weight excluding hydrogens is 174 g/mol. The van der Waals surface area contributed by atoms with Crippen molar-refractivity contribution >= 4 is 5.69 Å². The summed E-state index contributed by atoms with van der Waals surface area (Å²) in [6, 6.07) is 8.60. The minimum atomic E-state index is 0.315. The smallest absolute Gasteiger partial charge is 0.142 e. The molecule has 1 aromatic rings. The van der Waals surface area contributed by atoms with E-state index < -0.39 is 0 Å². The van der Waals surface area contributed by atoms with Crippen molar-refractivity contribution in [2.45, 2.75) is 25.0 Å². The standard InChI is InChI=1S/C12H13NO/c1-3-7-11-9(5-1)13-10-6-2-4-8-12(10)14-11/h1-5,7,10,12-13H,6,8H2/t10-,12+/m1/s1. The van der Waals surface area contributed by atoms with Crippen molar-refractivity contribution < 1.29 is 4.74 Å². The number of rotatable bonds is 0. The van der Waals surface area contributed by atoms with E-state index in [4.69, 9.17) is 4.74 Å². The van der Waals surface area contributed by atoms with Gasteiger partial charge in [-0.25, -0.2) is 0 Å². The van der Waals surface area contributed by atoms with Gasteiger partial charge in [0.15, 0.2) is 0 Å². The molecule has 0 spiro atoms. The van der Waals surface area contributed by atoms with Crippen LogP contribution in [0.2, 0.25) is 0 Å². The van der Waals surface area contributed by atoms with Gasteiger partial charge >= 0.3 is 0 Å². The molecule has 72 valence electrons. The summed E-state index contributed by atoms with van der Waals surface area (Å²) in [5.74, 6) is 0.990. The number of benzene rings is 1. The summed E-state index contributed by atoms with van der Waals surface area (Å²) >= 11 is 0. The molecule has 0 amide bonds. The zero-order chi connectivity index (χ0) is 9.38. The number of para-hydroxylation sites is 2. The molecule has 0 aromatic heterocycles. The summed E-state index contributed by atoms with van der Waals surface area (Å²) in [6.07, 6.45) is 6.84. The van der Waals surface area contributed by atoms with Crippen LogP contribution in [0.1, 0.15) is 12.8 Å². The molecule has 1 aliphatic heterocycles. The lowest BCUT2D eigenvalue weighted by atomic mass is 9.96. The number of fused-ring (bicyclic) bond motifs is 2. The number of hydrogen-bond donors (Lipinski definition) is 1. The number of ether oxygens (including phenoxy) is 1. The molecule has 3 rings (SSSR count). The van der Waals surface area contributed by atoms with Crippen LogP contribution in [-0.4, -0.2) is 12.1 Å².